The van der Waals surface area contributed by atoms with Gasteiger partial charge in [-0.2, -0.15) is 0 Å². The van der Waals surface area contributed by atoms with Gasteiger partial charge in [-0.25, -0.2) is 0 Å². The minimum atomic E-state index is -0.731. The van der Waals surface area contributed by atoms with Crippen molar-refractivity contribution in [3.8, 4) is 5.75 Å². The minimum absolute atomic E-state index is 0. The van der Waals surface area contributed by atoms with Crippen LogP contribution in [-0.4, -0.2) is 48.1 Å². The number of ether oxygens (including phenoxy) is 1. The molecule has 7 heteroatoms. The number of carbonyl (C=O) groups is 2. The smallest absolute Gasteiger partial charge is 0.306 e. The maximum absolute atomic E-state index is 12.1. The van der Waals surface area contributed by atoms with E-state index >= 15 is 0 Å². The first-order chi connectivity index (χ1) is 12.1. The lowest BCUT2D eigenvalue weighted by molar-refractivity contribution is -0.143. The van der Waals surface area contributed by atoms with E-state index in [9.17, 15) is 9.59 Å². The number of piperidine rings is 1. The van der Waals surface area contributed by atoms with Crippen molar-refractivity contribution in [1.82, 2.24) is 10.2 Å². The van der Waals surface area contributed by atoms with Gasteiger partial charge in [-0.3, -0.25) is 14.5 Å². The van der Waals surface area contributed by atoms with Crippen molar-refractivity contribution in [2.45, 2.75) is 39.2 Å². The summed E-state index contributed by atoms with van der Waals surface area (Å²) in [5, 5.41) is 11.9. The van der Waals surface area contributed by atoms with Gasteiger partial charge in [0.25, 0.3) is 0 Å². The Balaban J connectivity index is 0.00000338. The highest BCUT2D eigenvalue weighted by Crippen LogP contribution is 2.17. The lowest BCUT2D eigenvalue weighted by Crippen LogP contribution is -2.42. The quantitative estimate of drug-likeness (QED) is 0.640. The molecule has 146 valence electrons. The number of likely N-dealkylation sites (tertiary alicyclic amines) is 1. The Kier molecular flexibility index (Phi) is 10.1. The third-order valence-electron chi connectivity index (χ3n) is 4.46. The topological polar surface area (TPSA) is 78.9 Å². The van der Waals surface area contributed by atoms with Crippen LogP contribution in [0.3, 0.4) is 0 Å². The Morgan fingerprint density at radius 3 is 2.69 bits per heavy atom. The van der Waals surface area contributed by atoms with E-state index in [2.05, 4.69) is 12.2 Å². The highest BCUT2D eigenvalue weighted by molar-refractivity contribution is 5.85. The predicted octanol–water partition coefficient (Wildman–Crippen LogP) is 2.70. The van der Waals surface area contributed by atoms with E-state index in [1.807, 2.05) is 29.2 Å². The molecule has 0 atom stereocenters. The number of hydrogen-bond donors (Lipinski definition) is 2. The van der Waals surface area contributed by atoms with Gasteiger partial charge in [0.1, 0.15) is 5.75 Å². The molecule has 1 amide bonds. The molecule has 1 aliphatic rings. The Morgan fingerprint density at radius 1 is 1.31 bits per heavy atom. The van der Waals surface area contributed by atoms with Crippen LogP contribution in [0.5, 0.6) is 5.75 Å². The monoisotopic (exact) mass is 384 g/mol. The van der Waals surface area contributed by atoms with Crippen molar-refractivity contribution in [2.24, 2.45) is 5.92 Å². The number of carbonyl (C=O) groups excluding carboxylic acids is 1. The fraction of sp³-hybridized carbons (Fsp3) is 0.579. The first-order valence-corrected chi connectivity index (χ1v) is 9.02. The fourth-order valence-corrected chi connectivity index (χ4v) is 2.88. The second-order valence-electron chi connectivity index (χ2n) is 6.51. The number of carboxylic acid groups (broad SMARTS) is 1. The maximum atomic E-state index is 12.1. The van der Waals surface area contributed by atoms with Crippen LogP contribution in [0.2, 0.25) is 0 Å². The number of hydrogen-bond acceptors (Lipinski definition) is 4. The molecule has 1 saturated heterocycles. The lowest BCUT2D eigenvalue weighted by atomic mass is 9.97. The molecule has 0 aromatic heterocycles. The van der Waals surface area contributed by atoms with Crippen LogP contribution in [-0.2, 0) is 16.1 Å². The van der Waals surface area contributed by atoms with E-state index in [1.54, 1.807) is 0 Å². The zero-order valence-corrected chi connectivity index (χ0v) is 16.1. The summed E-state index contributed by atoms with van der Waals surface area (Å²) in [6, 6.07) is 7.77. The van der Waals surface area contributed by atoms with Crippen LogP contribution in [0.1, 0.15) is 38.2 Å². The average molecular weight is 385 g/mol. The molecule has 0 spiro atoms. The molecule has 2 N–H and O–H groups in total. The van der Waals surface area contributed by atoms with E-state index in [0.717, 1.165) is 24.2 Å². The first kappa shape index (κ1) is 22.3. The minimum Gasteiger partial charge on any atom is -0.494 e. The molecule has 1 aromatic rings. The Hall–Kier alpha value is -1.79. The van der Waals surface area contributed by atoms with Gasteiger partial charge in [-0.05, 0) is 50.0 Å². The molecule has 0 unspecified atom stereocenters. The highest BCUT2D eigenvalue weighted by atomic mass is 35.5. The van der Waals surface area contributed by atoms with Crippen molar-refractivity contribution in [2.75, 3.05) is 26.2 Å². The van der Waals surface area contributed by atoms with Crippen molar-refractivity contribution in [3.63, 3.8) is 0 Å². The van der Waals surface area contributed by atoms with E-state index in [4.69, 9.17) is 9.84 Å². The van der Waals surface area contributed by atoms with Gasteiger partial charge < -0.3 is 15.2 Å². The number of rotatable bonds is 9. The molecule has 1 fully saturated rings. The molecular weight excluding hydrogens is 356 g/mol. The molecule has 1 aliphatic heterocycles. The Bertz CT molecular complexity index is 574. The van der Waals surface area contributed by atoms with Gasteiger partial charge in [0, 0.05) is 6.54 Å². The molecule has 6 nitrogen and oxygen atoms in total. The molecular formula is C19H29ClN2O4. The number of benzene rings is 1. The van der Waals surface area contributed by atoms with Crippen LogP contribution in [0, 0.1) is 5.92 Å². The second-order valence-corrected chi connectivity index (χ2v) is 6.51. The van der Waals surface area contributed by atoms with Gasteiger partial charge in [-0.1, -0.05) is 25.5 Å². The third-order valence-corrected chi connectivity index (χ3v) is 4.46. The van der Waals surface area contributed by atoms with Gasteiger partial charge in [0.15, 0.2) is 0 Å². The second kappa shape index (κ2) is 11.8. The zero-order chi connectivity index (χ0) is 18.1. The zero-order valence-electron chi connectivity index (χ0n) is 15.3. The summed E-state index contributed by atoms with van der Waals surface area (Å²) in [7, 11) is 0. The molecule has 26 heavy (non-hydrogen) atoms. The predicted molar refractivity (Wildman–Crippen MR) is 103 cm³/mol. The van der Waals surface area contributed by atoms with E-state index < -0.39 is 5.97 Å². The van der Waals surface area contributed by atoms with Crippen molar-refractivity contribution < 1.29 is 19.4 Å². The molecule has 1 aromatic carbocycles. The molecule has 0 saturated carbocycles. The van der Waals surface area contributed by atoms with Crippen LogP contribution >= 0.6 is 12.4 Å². The standard InChI is InChI=1S/C19H28N2O4.ClH/c1-2-3-11-25-17-6-4-5-15(12-17)13-20-18(22)14-21-9-7-16(8-10-21)19(23)24;/h4-6,12,16H,2-3,7-11,13-14H2,1H3,(H,20,22)(H,23,24);1H. The van der Waals surface area contributed by atoms with Crippen LogP contribution in [0.25, 0.3) is 0 Å². The van der Waals surface area contributed by atoms with Gasteiger partial charge in [0.05, 0.1) is 19.1 Å². The number of carboxylic acids is 1. The molecule has 2 rings (SSSR count). The maximum Gasteiger partial charge on any atom is 0.306 e. The van der Waals surface area contributed by atoms with Crippen molar-refractivity contribution >= 4 is 24.3 Å². The van der Waals surface area contributed by atoms with Crippen molar-refractivity contribution in [3.05, 3.63) is 29.8 Å². The molecule has 1 heterocycles. The van der Waals surface area contributed by atoms with E-state index in [1.165, 1.54) is 0 Å². The molecule has 0 aliphatic carbocycles. The number of unbranched alkanes of at least 4 members (excludes halogenated alkanes) is 1. The summed E-state index contributed by atoms with van der Waals surface area (Å²) in [5.41, 5.74) is 1.01. The summed E-state index contributed by atoms with van der Waals surface area (Å²) in [6.45, 7) is 4.93. The van der Waals surface area contributed by atoms with Crippen LogP contribution in [0.15, 0.2) is 24.3 Å². The van der Waals surface area contributed by atoms with E-state index in [-0.39, 0.29) is 24.2 Å². The SMILES string of the molecule is CCCCOc1cccc(CNC(=O)CN2CCC(C(=O)O)CC2)c1.Cl. The largest absolute Gasteiger partial charge is 0.494 e. The lowest BCUT2D eigenvalue weighted by Gasteiger charge is -2.29. The van der Waals surface area contributed by atoms with Gasteiger partial charge >= 0.3 is 5.97 Å². The number of nitrogens with zero attached hydrogens (tertiary/aromatic N) is 1. The number of amides is 1. The summed E-state index contributed by atoms with van der Waals surface area (Å²) < 4.78 is 5.68. The van der Waals surface area contributed by atoms with Crippen LogP contribution in [0.4, 0.5) is 0 Å². The van der Waals surface area contributed by atoms with Crippen LogP contribution < -0.4 is 10.1 Å². The molecule has 0 radical (unpaired) electrons. The summed E-state index contributed by atoms with van der Waals surface area (Å²) in [6.07, 6.45) is 3.35. The first-order valence-electron chi connectivity index (χ1n) is 9.02. The van der Waals surface area contributed by atoms with Gasteiger partial charge in [-0.15, -0.1) is 12.4 Å². The highest BCUT2D eigenvalue weighted by Gasteiger charge is 2.25. The van der Waals surface area contributed by atoms with Crippen molar-refractivity contribution in [1.29, 1.82) is 0 Å². The number of nitrogens with one attached hydrogen (secondary N) is 1. The van der Waals surface area contributed by atoms with Gasteiger partial charge in [0.2, 0.25) is 5.91 Å². The normalized spacial score (nSPS) is 15.1. The molecule has 0 bridgehead atoms. The number of aliphatic carboxylic acids is 1. The summed E-state index contributed by atoms with van der Waals surface area (Å²) in [4.78, 5) is 25.1. The summed E-state index contributed by atoms with van der Waals surface area (Å²) >= 11 is 0. The third kappa shape index (κ3) is 7.62. The average Bonchev–Trinajstić information content (AvgIpc) is 2.61. The fourth-order valence-electron chi connectivity index (χ4n) is 2.88. The number of halogens is 1. The Labute approximate surface area is 161 Å². The van der Waals surface area contributed by atoms with E-state index in [0.29, 0.717) is 45.6 Å². The Morgan fingerprint density at radius 2 is 2.04 bits per heavy atom. The summed E-state index contributed by atoms with van der Waals surface area (Å²) in [5.74, 6) is -0.207.